The predicted molar refractivity (Wildman–Crippen MR) is 102 cm³/mol. The van der Waals surface area contributed by atoms with Crippen molar-refractivity contribution in [1.82, 2.24) is 0 Å². The van der Waals surface area contributed by atoms with Crippen LogP contribution in [0.2, 0.25) is 0 Å². The molecule has 0 aromatic heterocycles. The van der Waals surface area contributed by atoms with Crippen LogP contribution in [0.3, 0.4) is 0 Å². The SMILES string of the molecule is CC(=O)[C@@]1(O)C(CC=O)C[C@H]2[C@@H]3CCC4CCCC[C@]4(C)[C@H]3CC[C@@]21C. The van der Waals surface area contributed by atoms with Crippen LogP contribution in [0.4, 0.5) is 0 Å². The van der Waals surface area contributed by atoms with E-state index in [0.29, 0.717) is 23.7 Å². The maximum Gasteiger partial charge on any atom is 0.162 e. The molecule has 4 aliphatic carbocycles. The van der Waals surface area contributed by atoms with Crippen molar-refractivity contribution in [1.29, 1.82) is 0 Å². The van der Waals surface area contributed by atoms with Crippen molar-refractivity contribution in [3.05, 3.63) is 0 Å². The fraction of sp³-hybridized carbons (Fsp3) is 0.913. The minimum absolute atomic E-state index is 0.120. The van der Waals surface area contributed by atoms with Gasteiger partial charge in [-0.25, -0.2) is 0 Å². The molecule has 8 atom stereocenters. The number of ketones is 1. The molecule has 3 nitrogen and oxygen atoms in total. The Bertz CT molecular complexity index is 600. The molecule has 0 spiro atoms. The van der Waals surface area contributed by atoms with E-state index < -0.39 is 5.60 Å². The van der Waals surface area contributed by atoms with Gasteiger partial charge in [0.2, 0.25) is 0 Å². The topological polar surface area (TPSA) is 54.4 Å². The highest BCUT2D eigenvalue weighted by molar-refractivity contribution is 5.87. The molecule has 0 heterocycles. The lowest BCUT2D eigenvalue weighted by Crippen LogP contribution is -2.59. The third-order valence-electron chi connectivity index (χ3n) is 9.89. The lowest BCUT2D eigenvalue weighted by atomic mass is 9.44. The quantitative estimate of drug-likeness (QED) is 0.751. The van der Waals surface area contributed by atoms with Gasteiger partial charge in [-0.2, -0.15) is 0 Å². The van der Waals surface area contributed by atoms with Gasteiger partial charge < -0.3 is 9.90 Å². The second-order valence-electron chi connectivity index (χ2n) is 10.5. The van der Waals surface area contributed by atoms with Crippen molar-refractivity contribution < 1.29 is 14.7 Å². The first-order valence-corrected chi connectivity index (χ1v) is 11.0. The number of Topliss-reactive ketones (excluding diaryl/α,β-unsaturated/α-hetero) is 1. The highest BCUT2D eigenvalue weighted by atomic mass is 16.3. The molecular weight excluding hydrogens is 324 g/mol. The van der Waals surface area contributed by atoms with Gasteiger partial charge >= 0.3 is 0 Å². The molecule has 3 heteroatoms. The maximum absolute atomic E-state index is 12.6. The second kappa shape index (κ2) is 6.15. The van der Waals surface area contributed by atoms with Crippen LogP contribution in [-0.4, -0.2) is 22.8 Å². The van der Waals surface area contributed by atoms with E-state index in [1.165, 1.54) is 45.4 Å². The summed E-state index contributed by atoms with van der Waals surface area (Å²) in [7, 11) is 0. The summed E-state index contributed by atoms with van der Waals surface area (Å²) in [5, 5.41) is 11.6. The normalized spacial score (nSPS) is 53.3. The Kier molecular flexibility index (Phi) is 4.42. The monoisotopic (exact) mass is 360 g/mol. The van der Waals surface area contributed by atoms with Crippen LogP contribution in [0, 0.1) is 40.4 Å². The maximum atomic E-state index is 12.6. The summed E-state index contributed by atoms with van der Waals surface area (Å²) in [6.07, 6.45) is 12.3. The Morgan fingerprint density at radius 1 is 1.08 bits per heavy atom. The van der Waals surface area contributed by atoms with Crippen molar-refractivity contribution in [2.75, 3.05) is 0 Å². The fourth-order valence-corrected chi connectivity index (χ4v) is 8.54. The number of aliphatic hydroxyl groups is 1. The first-order valence-electron chi connectivity index (χ1n) is 11.0. The van der Waals surface area contributed by atoms with Crippen molar-refractivity contribution >= 4 is 12.1 Å². The van der Waals surface area contributed by atoms with Gasteiger partial charge in [-0.1, -0.05) is 26.7 Å². The van der Waals surface area contributed by atoms with E-state index in [1.54, 1.807) is 0 Å². The summed E-state index contributed by atoms with van der Waals surface area (Å²) in [6, 6.07) is 0. The van der Waals surface area contributed by atoms with Crippen LogP contribution in [0.1, 0.15) is 85.0 Å². The summed E-state index contributed by atoms with van der Waals surface area (Å²) in [5.74, 6) is 2.32. The summed E-state index contributed by atoms with van der Waals surface area (Å²) < 4.78 is 0. The second-order valence-corrected chi connectivity index (χ2v) is 10.5. The minimum Gasteiger partial charge on any atom is -0.381 e. The van der Waals surface area contributed by atoms with Gasteiger partial charge in [0.25, 0.3) is 0 Å². The standard InChI is InChI=1S/C23H36O3/c1-15(25)23(26)17(10-13-24)14-20-18-8-7-16-6-4-5-11-21(16,2)19(18)9-12-22(20,23)3/h13,16-20,26H,4-12,14H2,1-3H3/t16?,17?,18-,19+,20+,21+,22+,23-/m1/s1. The van der Waals surface area contributed by atoms with E-state index in [-0.39, 0.29) is 17.1 Å². The van der Waals surface area contributed by atoms with E-state index in [2.05, 4.69) is 13.8 Å². The molecule has 26 heavy (non-hydrogen) atoms. The Morgan fingerprint density at radius 3 is 2.54 bits per heavy atom. The first-order chi connectivity index (χ1) is 12.3. The molecule has 0 radical (unpaired) electrons. The molecule has 4 rings (SSSR count). The number of aldehydes is 1. The number of rotatable bonds is 3. The smallest absolute Gasteiger partial charge is 0.162 e. The zero-order valence-electron chi connectivity index (χ0n) is 16.8. The Hall–Kier alpha value is -0.700. The number of carbonyl (C=O) groups excluding carboxylic acids is 2. The predicted octanol–water partition coefficient (Wildman–Crippen LogP) is 4.55. The largest absolute Gasteiger partial charge is 0.381 e. The van der Waals surface area contributed by atoms with Crippen LogP contribution in [0.25, 0.3) is 0 Å². The van der Waals surface area contributed by atoms with Gasteiger partial charge in [-0.05, 0) is 81.0 Å². The van der Waals surface area contributed by atoms with Gasteiger partial charge in [0.1, 0.15) is 11.9 Å². The van der Waals surface area contributed by atoms with Gasteiger partial charge in [0.15, 0.2) is 5.78 Å². The Morgan fingerprint density at radius 2 is 1.85 bits per heavy atom. The molecule has 1 N–H and O–H groups in total. The minimum atomic E-state index is -1.31. The molecule has 0 amide bonds. The van der Waals surface area contributed by atoms with Crippen LogP contribution in [-0.2, 0) is 9.59 Å². The third kappa shape index (κ3) is 2.22. The molecule has 4 fully saturated rings. The zero-order valence-corrected chi connectivity index (χ0v) is 16.8. The van der Waals surface area contributed by atoms with E-state index in [9.17, 15) is 14.7 Å². The van der Waals surface area contributed by atoms with E-state index in [0.717, 1.165) is 37.4 Å². The van der Waals surface area contributed by atoms with Gasteiger partial charge in [-0.15, -0.1) is 0 Å². The van der Waals surface area contributed by atoms with E-state index >= 15 is 0 Å². The van der Waals surface area contributed by atoms with Crippen LogP contribution in [0.15, 0.2) is 0 Å². The van der Waals surface area contributed by atoms with Crippen molar-refractivity contribution in [3.8, 4) is 0 Å². The average Bonchev–Trinajstić information content (AvgIpc) is 2.84. The zero-order chi connectivity index (χ0) is 18.7. The summed E-state index contributed by atoms with van der Waals surface area (Å²) in [6.45, 7) is 6.25. The third-order valence-corrected chi connectivity index (χ3v) is 9.89. The number of carbonyl (C=O) groups is 2. The van der Waals surface area contributed by atoms with Crippen LogP contribution >= 0.6 is 0 Å². The molecule has 0 aliphatic heterocycles. The summed E-state index contributed by atoms with van der Waals surface area (Å²) in [4.78, 5) is 23.9. The van der Waals surface area contributed by atoms with E-state index in [1.807, 2.05) is 0 Å². The molecule has 0 aromatic rings. The number of fused-ring (bicyclic) bond motifs is 5. The summed E-state index contributed by atoms with van der Waals surface area (Å²) >= 11 is 0. The molecule has 146 valence electrons. The Labute approximate surface area is 158 Å². The fourth-order valence-electron chi connectivity index (χ4n) is 8.54. The highest BCUT2D eigenvalue weighted by Crippen LogP contribution is 2.69. The lowest BCUT2D eigenvalue weighted by molar-refractivity contribution is -0.173. The molecule has 2 unspecified atom stereocenters. The summed E-state index contributed by atoms with van der Waals surface area (Å²) in [5.41, 5.74) is -1.21. The molecule has 0 saturated heterocycles. The van der Waals surface area contributed by atoms with Crippen molar-refractivity contribution in [3.63, 3.8) is 0 Å². The van der Waals surface area contributed by atoms with Gasteiger partial charge in [0.05, 0.1) is 0 Å². The van der Waals surface area contributed by atoms with Crippen molar-refractivity contribution in [2.45, 2.75) is 90.6 Å². The van der Waals surface area contributed by atoms with E-state index in [4.69, 9.17) is 0 Å². The molecule has 4 aliphatic rings. The molecular formula is C23H36O3. The van der Waals surface area contributed by atoms with Crippen LogP contribution < -0.4 is 0 Å². The average molecular weight is 361 g/mol. The molecule has 0 bridgehead atoms. The molecule has 0 aromatic carbocycles. The number of hydrogen-bond acceptors (Lipinski definition) is 3. The molecule has 4 saturated carbocycles. The van der Waals surface area contributed by atoms with Crippen LogP contribution in [0.5, 0.6) is 0 Å². The lowest BCUT2D eigenvalue weighted by Gasteiger charge is -2.61. The highest BCUT2D eigenvalue weighted by Gasteiger charge is 2.69. The first kappa shape index (κ1) is 18.7. The number of hydrogen-bond donors (Lipinski definition) is 1. The van der Waals surface area contributed by atoms with Gasteiger partial charge in [0, 0.05) is 17.8 Å². The van der Waals surface area contributed by atoms with Gasteiger partial charge in [-0.3, -0.25) is 4.79 Å². The van der Waals surface area contributed by atoms with Crippen molar-refractivity contribution in [2.24, 2.45) is 40.4 Å². The Balaban J connectivity index is 1.70.